The van der Waals surface area contributed by atoms with Crippen molar-refractivity contribution in [2.75, 3.05) is 11.9 Å². The second-order valence-electron chi connectivity index (χ2n) is 4.52. The van der Waals surface area contributed by atoms with Gasteiger partial charge in [-0.05, 0) is 25.3 Å². The standard InChI is InChI=1S/C12H13N3O3/c13-7-9-6-10(15(17)18)2-3-11(9)14-12(8-16)4-1-5-12/h2-3,6,14,16H,1,4-5,8H2. The predicted molar refractivity (Wildman–Crippen MR) is 65.1 cm³/mol. The van der Waals surface area contributed by atoms with Gasteiger partial charge >= 0.3 is 0 Å². The van der Waals surface area contributed by atoms with E-state index in [0.717, 1.165) is 19.3 Å². The zero-order valence-electron chi connectivity index (χ0n) is 9.72. The molecule has 1 saturated carbocycles. The van der Waals surface area contributed by atoms with E-state index >= 15 is 0 Å². The minimum atomic E-state index is -0.532. The quantitative estimate of drug-likeness (QED) is 0.624. The SMILES string of the molecule is N#Cc1cc([N+](=O)[O-])ccc1NC1(CO)CCC1. The molecule has 0 saturated heterocycles. The summed E-state index contributed by atoms with van der Waals surface area (Å²) in [6.45, 7) is -0.00510. The zero-order valence-corrected chi connectivity index (χ0v) is 9.72. The minimum absolute atomic E-state index is 0.00510. The van der Waals surface area contributed by atoms with Gasteiger partial charge < -0.3 is 10.4 Å². The fourth-order valence-electron chi connectivity index (χ4n) is 2.06. The third kappa shape index (κ3) is 2.13. The number of nitro groups is 1. The third-order valence-electron chi connectivity index (χ3n) is 3.35. The molecule has 0 atom stereocenters. The average Bonchev–Trinajstić information content (AvgIpc) is 2.33. The highest BCUT2D eigenvalue weighted by Gasteiger charge is 2.36. The number of aliphatic hydroxyl groups excluding tert-OH is 1. The van der Waals surface area contributed by atoms with Crippen LogP contribution in [-0.2, 0) is 0 Å². The monoisotopic (exact) mass is 247 g/mol. The number of nitriles is 1. The smallest absolute Gasteiger partial charge is 0.270 e. The molecule has 0 radical (unpaired) electrons. The highest BCUT2D eigenvalue weighted by atomic mass is 16.6. The maximum absolute atomic E-state index is 10.6. The maximum Gasteiger partial charge on any atom is 0.270 e. The Kier molecular flexibility index (Phi) is 3.17. The van der Waals surface area contributed by atoms with Gasteiger partial charge in [0.1, 0.15) is 6.07 Å². The molecule has 1 aliphatic rings. The third-order valence-corrected chi connectivity index (χ3v) is 3.35. The first-order valence-electron chi connectivity index (χ1n) is 5.68. The summed E-state index contributed by atoms with van der Waals surface area (Å²) in [6.07, 6.45) is 2.71. The second-order valence-corrected chi connectivity index (χ2v) is 4.52. The van der Waals surface area contributed by atoms with E-state index in [1.807, 2.05) is 6.07 Å². The van der Waals surface area contributed by atoms with E-state index in [1.165, 1.54) is 18.2 Å². The van der Waals surface area contributed by atoms with E-state index in [9.17, 15) is 15.2 Å². The van der Waals surface area contributed by atoms with Crippen LogP contribution in [0.2, 0.25) is 0 Å². The summed E-state index contributed by atoms with van der Waals surface area (Å²) in [6, 6.07) is 6.05. The van der Waals surface area contributed by atoms with Crippen LogP contribution in [0.4, 0.5) is 11.4 Å². The molecule has 1 aromatic carbocycles. The molecule has 6 nitrogen and oxygen atoms in total. The molecule has 0 amide bonds. The first-order chi connectivity index (χ1) is 8.60. The summed E-state index contributed by atoms with van der Waals surface area (Å²) in [5.74, 6) is 0. The van der Waals surface area contributed by atoms with Gasteiger partial charge in [-0.2, -0.15) is 5.26 Å². The minimum Gasteiger partial charge on any atom is -0.394 e. The second kappa shape index (κ2) is 4.63. The number of nitrogens with one attached hydrogen (secondary N) is 1. The molecule has 0 aliphatic heterocycles. The molecule has 94 valence electrons. The molecule has 6 heteroatoms. The zero-order chi connectivity index (χ0) is 13.2. The van der Waals surface area contributed by atoms with E-state index in [2.05, 4.69) is 5.32 Å². The number of nitrogens with zero attached hydrogens (tertiary/aromatic N) is 2. The fraction of sp³-hybridized carbons (Fsp3) is 0.417. The molecule has 0 spiro atoms. The van der Waals surface area contributed by atoms with Crippen LogP contribution >= 0.6 is 0 Å². The normalized spacial score (nSPS) is 16.4. The topological polar surface area (TPSA) is 99.2 Å². The van der Waals surface area contributed by atoms with E-state index in [-0.39, 0.29) is 23.4 Å². The molecule has 18 heavy (non-hydrogen) atoms. The molecule has 0 unspecified atom stereocenters. The summed E-state index contributed by atoms with van der Waals surface area (Å²) in [4.78, 5) is 10.1. The summed E-state index contributed by atoms with van der Waals surface area (Å²) in [5, 5.41) is 32.1. The number of aliphatic hydroxyl groups is 1. The van der Waals surface area contributed by atoms with Gasteiger partial charge in [0.15, 0.2) is 0 Å². The van der Waals surface area contributed by atoms with Crippen LogP contribution in [0.1, 0.15) is 24.8 Å². The van der Waals surface area contributed by atoms with E-state index in [4.69, 9.17) is 5.26 Å². The first kappa shape index (κ1) is 12.3. The van der Waals surface area contributed by atoms with Crippen LogP contribution in [-0.4, -0.2) is 22.2 Å². The molecule has 2 rings (SSSR count). The van der Waals surface area contributed by atoms with Crippen LogP contribution < -0.4 is 5.32 Å². The van der Waals surface area contributed by atoms with Crippen molar-refractivity contribution in [1.29, 1.82) is 5.26 Å². The summed E-state index contributed by atoms with van der Waals surface area (Å²) < 4.78 is 0. The van der Waals surface area contributed by atoms with Gasteiger partial charge in [0.05, 0.1) is 28.3 Å². The van der Waals surface area contributed by atoms with Crippen molar-refractivity contribution in [3.8, 4) is 6.07 Å². The van der Waals surface area contributed by atoms with Crippen molar-refractivity contribution in [2.24, 2.45) is 0 Å². The number of non-ortho nitro benzene ring substituents is 1. The Hall–Kier alpha value is -2.13. The number of rotatable bonds is 4. The Morgan fingerprint density at radius 2 is 2.28 bits per heavy atom. The van der Waals surface area contributed by atoms with E-state index < -0.39 is 4.92 Å². The van der Waals surface area contributed by atoms with Crippen LogP contribution in [0.3, 0.4) is 0 Å². The lowest BCUT2D eigenvalue weighted by Gasteiger charge is -2.42. The number of benzene rings is 1. The van der Waals surface area contributed by atoms with E-state index in [0.29, 0.717) is 5.69 Å². The van der Waals surface area contributed by atoms with Gasteiger partial charge in [-0.1, -0.05) is 0 Å². The lowest BCUT2D eigenvalue weighted by atomic mass is 9.77. The predicted octanol–water partition coefficient (Wildman–Crippen LogP) is 1.79. The van der Waals surface area contributed by atoms with Crippen molar-refractivity contribution in [2.45, 2.75) is 24.8 Å². The molecule has 2 N–H and O–H groups in total. The molecule has 1 aliphatic carbocycles. The summed E-state index contributed by atoms with van der Waals surface area (Å²) in [7, 11) is 0. The lowest BCUT2D eigenvalue weighted by Crippen LogP contribution is -2.48. The highest BCUT2D eigenvalue weighted by Crippen LogP contribution is 2.36. The lowest BCUT2D eigenvalue weighted by molar-refractivity contribution is -0.384. The van der Waals surface area contributed by atoms with Crippen LogP contribution in [0.5, 0.6) is 0 Å². The van der Waals surface area contributed by atoms with Gasteiger partial charge in [-0.25, -0.2) is 0 Å². The molecule has 0 bridgehead atoms. The highest BCUT2D eigenvalue weighted by molar-refractivity contribution is 5.62. The Balaban J connectivity index is 2.28. The number of nitro benzene ring substituents is 1. The van der Waals surface area contributed by atoms with Crippen molar-refractivity contribution >= 4 is 11.4 Å². The number of hydrogen-bond acceptors (Lipinski definition) is 5. The van der Waals surface area contributed by atoms with Crippen LogP contribution in [0.25, 0.3) is 0 Å². The van der Waals surface area contributed by atoms with Crippen LogP contribution in [0.15, 0.2) is 18.2 Å². The summed E-state index contributed by atoms with van der Waals surface area (Å²) in [5.41, 5.74) is 0.284. The Morgan fingerprint density at radius 1 is 1.56 bits per heavy atom. The molecular weight excluding hydrogens is 234 g/mol. The summed E-state index contributed by atoms with van der Waals surface area (Å²) >= 11 is 0. The number of anilines is 1. The van der Waals surface area contributed by atoms with Crippen LogP contribution in [0, 0.1) is 21.4 Å². The Bertz CT molecular complexity index is 512. The van der Waals surface area contributed by atoms with Crippen molar-refractivity contribution in [3.63, 3.8) is 0 Å². The Labute approximate surface area is 104 Å². The maximum atomic E-state index is 10.6. The number of hydrogen-bond donors (Lipinski definition) is 2. The van der Waals surface area contributed by atoms with Gasteiger partial charge in [-0.15, -0.1) is 0 Å². The molecule has 0 aromatic heterocycles. The average molecular weight is 247 g/mol. The fourth-order valence-corrected chi connectivity index (χ4v) is 2.06. The van der Waals surface area contributed by atoms with Gasteiger partial charge in [0, 0.05) is 12.1 Å². The first-order valence-corrected chi connectivity index (χ1v) is 5.68. The molecular formula is C12H13N3O3. The Morgan fingerprint density at radius 3 is 2.72 bits per heavy atom. The van der Waals surface area contributed by atoms with Crippen molar-refractivity contribution < 1.29 is 10.0 Å². The van der Waals surface area contributed by atoms with Crippen molar-refractivity contribution in [3.05, 3.63) is 33.9 Å². The van der Waals surface area contributed by atoms with Crippen molar-refractivity contribution in [1.82, 2.24) is 0 Å². The molecule has 0 heterocycles. The van der Waals surface area contributed by atoms with Gasteiger partial charge in [0.2, 0.25) is 0 Å². The van der Waals surface area contributed by atoms with E-state index in [1.54, 1.807) is 0 Å². The molecule has 1 aromatic rings. The largest absolute Gasteiger partial charge is 0.394 e. The molecule has 1 fully saturated rings. The van der Waals surface area contributed by atoms with Gasteiger partial charge in [-0.3, -0.25) is 10.1 Å². The van der Waals surface area contributed by atoms with Gasteiger partial charge in [0.25, 0.3) is 5.69 Å².